The van der Waals surface area contributed by atoms with E-state index in [1.54, 1.807) is 22.8 Å². The number of carboxylic acids is 1. The number of hydrogen-bond acceptors (Lipinski definition) is 3. The number of aromatic nitrogens is 2. The lowest BCUT2D eigenvalue weighted by atomic mass is 10.1. The zero-order chi connectivity index (χ0) is 14.2. The summed E-state index contributed by atoms with van der Waals surface area (Å²) in [5.74, 6) is -0.0942. The van der Waals surface area contributed by atoms with Crippen molar-refractivity contribution in [2.45, 2.75) is 33.2 Å². The number of carbonyl (C=O) groups is 2. The van der Waals surface area contributed by atoms with Crippen molar-refractivity contribution in [1.29, 1.82) is 0 Å². The van der Waals surface area contributed by atoms with E-state index in [4.69, 9.17) is 5.11 Å². The van der Waals surface area contributed by atoms with Gasteiger partial charge in [0.1, 0.15) is 12.4 Å². The van der Waals surface area contributed by atoms with Gasteiger partial charge < -0.3 is 9.67 Å². The van der Waals surface area contributed by atoms with Crippen LogP contribution in [0, 0.1) is 0 Å². The topological polar surface area (TPSA) is 72.2 Å². The van der Waals surface area contributed by atoms with Gasteiger partial charge >= 0.3 is 5.97 Å². The predicted molar refractivity (Wildman–Crippen MR) is 71.5 cm³/mol. The number of carbonyl (C=O) groups excluding carboxylic acids is 1. The van der Waals surface area contributed by atoms with Crippen LogP contribution in [0.2, 0.25) is 0 Å². The van der Waals surface area contributed by atoms with Crippen LogP contribution in [0.25, 0.3) is 11.0 Å². The van der Waals surface area contributed by atoms with E-state index in [0.29, 0.717) is 11.1 Å². The minimum absolute atomic E-state index is 0.0271. The molecule has 0 unspecified atom stereocenters. The molecule has 1 aromatic heterocycles. The van der Waals surface area contributed by atoms with Crippen molar-refractivity contribution in [3.63, 3.8) is 0 Å². The average Bonchev–Trinajstić information content (AvgIpc) is 2.66. The minimum Gasteiger partial charge on any atom is -0.480 e. The number of Topliss-reactive ketones (excluding diaryl/α,β-unsaturated/α-hetero) is 1. The summed E-state index contributed by atoms with van der Waals surface area (Å²) >= 11 is 0. The summed E-state index contributed by atoms with van der Waals surface area (Å²) in [6.07, 6.45) is 0. The maximum Gasteiger partial charge on any atom is 0.323 e. The van der Waals surface area contributed by atoms with E-state index in [9.17, 15) is 9.59 Å². The van der Waals surface area contributed by atoms with E-state index in [0.717, 1.165) is 11.3 Å². The van der Waals surface area contributed by atoms with Crippen LogP contribution in [0.4, 0.5) is 0 Å². The monoisotopic (exact) mass is 260 g/mol. The molecule has 0 spiro atoms. The molecule has 0 aliphatic heterocycles. The quantitative estimate of drug-likeness (QED) is 0.857. The molecule has 5 heteroatoms. The van der Waals surface area contributed by atoms with Crippen LogP contribution >= 0.6 is 0 Å². The Hall–Kier alpha value is -2.17. The van der Waals surface area contributed by atoms with E-state index in [2.05, 4.69) is 4.98 Å². The molecule has 0 aliphatic rings. The molecule has 1 heterocycles. The van der Waals surface area contributed by atoms with Crippen molar-refractivity contribution in [2.24, 2.45) is 0 Å². The van der Waals surface area contributed by atoms with E-state index in [1.165, 1.54) is 6.92 Å². The average molecular weight is 260 g/mol. The third kappa shape index (κ3) is 2.50. The zero-order valence-electron chi connectivity index (χ0n) is 11.2. The van der Waals surface area contributed by atoms with E-state index >= 15 is 0 Å². The molecule has 0 fully saturated rings. The lowest BCUT2D eigenvalue weighted by Gasteiger charge is -2.08. The van der Waals surface area contributed by atoms with Gasteiger partial charge in [-0.1, -0.05) is 13.8 Å². The highest BCUT2D eigenvalue weighted by molar-refractivity contribution is 5.97. The van der Waals surface area contributed by atoms with Crippen LogP contribution in [0.15, 0.2) is 18.2 Å². The van der Waals surface area contributed by atoms with Crippen LogP contribution in [0.1, 0.15) is 42.9 Å². The van der Waals surface area contributed by atoms with Gasteiger partial charge in [0.05, 0.1) is 11.0 Å². The van der Waals surface area contributed by atoms with Crippen molar-refractivity contribution in [3.8, 4) is 0 Å². The molecular weight excluding hydrogens is 244 g/mol. The summed E-state index contributed by atoms with van der Waals surface area (Å²) in [5.41, 5.74) is 2.00. The Labute approximate surface area is 110 Å². The van der Waals surface area contributed by atoms with Crippen LogP contribution < -0.4 is 0 Å². The van der Waals surface area contributed by atoms with Gasteiger partial charge in [-0.3, -0.25) is 9.59 Å². The lowest BCUT2D eigenvalue weighted by Crippen LogP contribution is -2.12. The third-order valence-corrected chi connectivity index (χ3v) is 2.99. The SMILES string of the molecule is CC(=O)c1ccc2c(c1)nc(C(C)C)n2CC(=O)O. The highest BCUT2D eigenvalue weighted by Gasteiger charge is 2.16. The van der Waals surface area contributed by atoms with Crippen molar-refractivity contribution in [2.75, 3.05) is 0 Å². The number of carboxylic acid groups (broad SMARTS) is 1. The summed E-state index contributed by atoms with van der Waals surface area (Å²) in [6.45, 7) is 5.30. The highest BCUT2D eigenvalue weighted by atomic mass is 16.4. The molecule has 0 atom stereocenters. The largest absolute Gasteiger partial charge is 0.480 e. The zero-order valence-corrected chi connectivity index (χ0v) is 11.2. The van der Waals surface area contributed by atoms with Gasteiger partial charge in [0.15, 0.2) is 5.78 Å². The number of imidazole rings is 1. The summed E-state index contributed by atoms with van der Waals surface area (Å²) in [5, 5.41) is 8.99. The molecule has 0 aliphatic carbocycles. The van der Waals surface area contributed by atoms with Crippen LogP contribution in [-0.2, 0) is 11.3 Å². The van der Waals surface area contributed by atoms with E-state index in [-0.39, 0.29) is 18.2 Å². The first kappa shape index (κ1) is 13.3. The van der Waals surface area contributed by atoms with Crippen LogP contribution in [0.3, 0.4) is 0 Å². The molecule has 2 rings (SSSR count). The molecule has 1 N–H and O–H groups in total. The molecular formula is C14H16N2O3. The number of benzene rings is 1. The standard InChI is InChI=1S/C14H16N2O3/c1-8(2)14-15-11-6-10(9(3)17)4-5-12(11)16(14)7-13(18)19/h4-6,8H,7H2,1-3H3,(H,18,19). The maximum absolute atomic E-state index is 11.4. The highest BCUT2D eigenvalue weighted by Crippen LogP contribution is 2.23. The molecule has 0 amide bonds. The molecule has 2 aromatic rings. The van der Waals surface area contributed by atoms with Crippen molar-refractivity contribution >= 4 is 22.8 Å². The van der Waals surface area contributed by atoms with Gasteiger partial charge in [-0.15, -0.1) is 0 Å². The van der Waals surface area contributed by atoms with E-state index in [1.807, 2.05) is 13.8 Å². The molecule has 5 nitrogen and oxygen atoms in total. The Morgan fingerprint density at radius 3 is 2.58 bits per heavy atom. The first-order valence-electron chi connectivity index (χ1n) is 6.13. The van der Waals surface area contributed by atoms with Gasteiger partial charge in [0.2, 0.25) is 0 Å². The normalized spacial score (nSPS) is 11.2. The van der Waals surface area contributed by atoms with Crippen molar-refractivity contribution in [3.05, 3.63) is 29.6 Å². The fourth-order valence-corrected chi connectivity index (χ4v) is 2.11. The molecule has 100 valence electrons. The first-order valence-corrected chi connectivity index (χ1v) is 6.13. The third-order valence-electron chi connectivity index (χ3n) is 2.99. The number of hydrogen-bond donors (Lipinski definition) is 1. The fraction of sp³-hybridized carbons (Fsp3) is 0.357. The predicted octanol–water partition coefficient (Wildman–Crippen LogP) is 2.45. The van der Waals surface area contributed by atoms with Gasteiger partial charge in [-0.2, -0.15) is 0 Å². The number of rotatable bonds is 4. The molecule has 0 saturated heterocycles. The Morgan fingerprint density at radius 1 is 1.37 bits per heavy atom. The Kier molecular flexibility index (Phi) is 3.38. The second-order valence-corrected chi connectivity index (χ2v) is 4.86. The number of fused-ring (bicyclic) bond motifs is 1. The Bertz CT molecular complexity index is 656. The van der Waals surface area contributed by atoms with Gasteiger partial charge in [0, 0.05) is 11.5 Å². The number of ketones is 1. The van der Waals surface area contributed by atoms with Gasteiger partial charge in [-0.05, 0) is 25.1 Å². The summed E-state index contributed by atoms with van der Waals surface area (Å²) < 4.78 is 1.69. The van der Waals surface area contributed by atoms with Crippen molar-refractivity contribution in [1.82, 2.24) is 9.55 Å². The molecule has 1 aromatic carbocycles. The molecule has 0 bridgehead atoms. The number of aliphatic carboxylic acids is 1. The fourth-order valence-electron chi connectivity index (χ4n) is 2.11. The van der Waals surface area contributed by atoms with Gasteiger partial charge in [-0.25, -0.2) is 4.98 Å². The van der Waals surface area contributed by atoms with Crippen molar-refractivity contribution < 1.29 is 14.7 Å². The summed E-state index contributed by atoms with van der Waals surface area (Å²) in [6, 6.07) is 5.17. The Balaban J connectivity index is 2.66. The molecule has 0 radical (unpaired) electrons. The molecule has 19 heavy (non-hydrogen) atoms. The van der Waals surface area contributed by atoms with Gasteiger partial charge in [0.25, 0.3) is 0 Å². The minimum atomic E-state index is -0.906. The maximum atomic E-state index is 11.4. The van der Waals surface area contributed by atoms with Crippen LogP contribution in [-0.4, -0.2) is 26.4 Å². The van der Waals surface area contributed by atoms with Crippen LogP contribution in [0.5, 0.6) is 0 Å². The Morgan fingerprint density at radius 2 is 2.05 bits per heavy atom. The smallest absolute Gasteiger partial charge is 0.323 e. The lowest BCUT2D eigenvalue weighted by molar-refractivity contribution is -0.137. The second-order valence-electron chi connectivity index (χ2n) is 4.86. The summed E-state index contributed by atoms with van der Waals surface area (Å²) in [7, 11) is 0. The molecule has 0 saturated carbocycles. The second kappa shape index (κ2) is 4.84. The summed E-state index contributed by atoms with van der Waals surface area (Å²) in [4.78, 5) is 26.8. The first-order chi connectivity index (χ1) is 8.90. The number of nitrogens with zero attached hydrogens (tertiary/aromatic N) is 2. The van der Waals surface area contributed by atoms with E-state index < -0.39 is 5.97 Å².